The fourth-order valence-electron chi connectivity index (χ4n) is 5.19. The first-order valence-corrected chi connectivity index (χ1v) is 16.6. The van der Waals surface area contributed by atoms with Gasteiger partial charge in [-0.1, -0.05) is 82.6 Å². The number of amides is 2. The van der Waals surface area contributed by atoms with Gasteiger partial charge in [-0.25, -0.2) is 13.4 Å². The van der Waals surface area contributed by atoms with Gasteiger partial charge in [0.1, 0.15) is 0 Å². The van der Waals surface area contributed by atoms with Crippen LogP contribution in [0.4, 0.5) is 0 Å². The van der Waals surface area contributed by atoms with Crippen LogP contribution in [0.15, 0.2) is 65.6 Å². The number of rotatable bonds is 15. The van der Waals surface area contributed by atoms with Crippen molar-refractivity contribution in [2.24, 2.45) is 11.8 Å². The molecule has 3 rings (SSSR count). The van der Waals surface area contributed by atoms with Gasteiger partial charge in [-0.3, -0.25) is 19.9 Å². The van der Waals surface area contributed by atoms with Crippen LogP contribution in [0, 0.1) is 11.8 Å². The Bertz CT molecular complexity index is 1220. The SMILES string of the molecule is CC[C@H](C)CC(=O)N(NC(=O)CN1CCCC1)[C@@H](Cc1ccccc1)[C@H](O)CN(CC(C)C)S(=O)(=O)c1ccccc1. The van der Waals surface area contributed by atoms with E-state index in [9.17, 15) is 23.1 Å². The number of hydrazine groups is 1. The molecular weight excluding hydrogens is 552 g/mol. The number of aliphatic hydroxyl groups excluding tert-OH is 1. The van der Waals surface area contributed by atoms with Gasteiger partial charge in [0, 0.05) is 19.5 Å². The predicted octanol–water partition coefficient (Wildman–Crippen LogP) is 3.70. The second-order valence-electron chi connectivity index (χ2n) is 11.9. The molecule has 0 aliphatic carbocycles. The Kier molecular flexibility index (Phi) is 13.0. The maximum absolute atomic E-state index is 13.8. The highest BCUT2D eigenvalue weighted by atomic mass is 32.2. The average Bonchev–Trinajstić information content (AvgIpc) is 3.48. The first-order chi connectivity index (χ1) is 20.0. The third kappa shape index (κ3) is 9.90. The van der Waals surface area contributed by atoms with Crippen LogP contribution in [0.5, 0.6) is 0 Å². The summed E-state index contributed by atoms with van der Waals surface area (Å²) < 4.78 is 28.7. The van der Waals surface area contributed by atoms with Gasteiger partial charge in [-0.05, 0) is 61.9 Å². The number of hydrogen-bond donors (Lipinski definition) is 2. The summed E-state index contributed by atoms with van der Waals surface area (Å²) in [5.74, 6) is -0.566. The van der Waals surface area contributed by atoms with Crippen molar-refractivity contribution < 1.29 is 23.1 Å². The van der Waals surface area contributed by atoms with E-state index in [1.165, 1.54) is 21.4 Å². The fourth-order valence-corrected chi connectivity index (χ4v) is 6.83. The second kappa shape index (κ2) is 16.2. The quantitative estimate of drug-likeness (QED) is 0.302. The lowest BCUT2D eigenvalue weighted by Gasteiger charge is -2.37. The van der Waals surface area contributed by atoms with E-state index in [2.05, 4.69) is 5.43 Å². The minimum atomic E-state index is -3.93. The standard InChI is InChI=1S/C32H48N4O5S/c1-5-26(4)20-32(39)36(33-31(38)24-34-18-12-13-19-34)29(21-27-14-8-6-9-15-27)30(37)23-35(22-25(2)3)42(40,41)28-16-10-7-11-17-28/h6-11,14-17,25-26,29-30,37H,5,12-13,18-24H2,1-4H3,(H,33,38)/t26-,29-,30+/m0/s1. The van der Waals surface area contributed by atoms with Gasteiger partial charge in [-0.2, -0.15) is 4.31 Å². The van der Waals surface area contributed by atoms with Gasteiger partial charge in [0.05, 0.1) is 23.6 Å². The molecule has 2 N–H and O–H groups in total. The van der Waals surface area contributed by atoms with Gasteiger partial charge < -0.3 is 5.11 Å². The van der Waals surface area contributed by atoms with Crippen LogP contribution in [-0.2, 0) is 26.0 Å². The summed E-state index contributed by atoms with van der Waals surface area (Å²) in [6, 6.07) is 16.7. The zero-order valence-corrected chi connectivity index (χ0v) is 26.3. The Balaban J connectivity index is 1.97. The molecule has 1 heterocycles. The number of nitrogens with one attached hydrogen (secondary N) is 1. The van der Waals surface area contributed by atoms with E-state index in [0.29, 0.717) is 0 Å². The summed E-state index contributed by atoms with van der Waals surface area (Å²) in [6.45, 7) is 9.57. The van der Waals surface area contributed by atoms with Crippen LogP contribution in [0.3, 0.4) is 0 Å². The van der Waals surface area contributed by atoms with E-state index in [-0.39, 0.29) is 61.0 Å². The van der Waals surface area contributed by atoms with Gasteiger partial charge >= 0.3 is 0 Å². The summed E-state index contributed by atoms with van der Waals surface area (Å²) >= 11 is 0. The Labute approximate surface area is 251 Å². The number of nitrogens with zero attached hydrogens (tertiary/aromatic N) is 3. The van der Waals surface area contributed by atoms with Crippen molar-refractivity contribution in [2.75, 3.05) is 32.7 Å². The van der Waals surface area contributed by atoms with E-state index < -0.39 is 22.2 Å². The Morgan fingerprint density at radius 1 is 0.952 bits per heavy atom. The molecule has 232 valence electrons. The van der Waals surface area contributed by atoms with Crippen molar-refractivity contribution in [2.45, 2.75) is 76.8 Å². The lowest BCUT2D eigenvalue weighted by atomic mass is 9.98. The predicted molar refractivity (Wildman–Crippen MR) is 165 cm³/mol. The number of sulfonamides is 1. The number of aliphatic hydroxyl groups is 1. The summed E-state index contributed by atoms with van der Waals surface area (Å²) in [5, 5.41) is 13.1. The molecule has 0 unspecified atom stereocenters. The highest BCUT2D eigenvalue weighted by Crippen LogP contribution is 2.21. The van der Waals surface area contributed by atoms with Crippen molar-refractivity contribution >= 4 is 21.8 Å². The van der Waals surface area contributed by atoms with Gasteiger partial charge in [0.25, 0.3) is 5.91 Å². The monoisotopic (exact) mass is 600 g/mol. The molecule has 1 aliphatic rings. The maximum Gasteiger partial charge on any atom is 0.252 e. The zero-order valence-electron chi connectivity index (χ0n) is 25.5. The van der Waals surface area contributed by atoms with Crippen LogP contribution in [0.2, 0.25) is 0 Å². The minimum absolute atomic E-state index is 0.00781. The van der Waals surface area contributed by atoms with Crippen LogP contribution in [-0.4, -0.2) is 84.4 Å². The van der Waals surface area contributed by atoms with Crippen molar-refractivity contribution in [3.8, 4) is 0 Å². The first-order valence-electron chi connectivity index (χ1n) is 15.1. The lowest BCUT2D eigenvalue weighted by Crippen LogP contribution is -2.60. The van der Waals surface area contributed by atoms with Crippen LogP contribution < -0.4 is 5.43 Å². The molecule has 42 heavy (non-hydrogen) atoms. The molecule has 2 amide bonds. The van der Waals surface area contributed by atoms with E-state index in [1.54, 1.807) is 18.2 Å². The normalized spacial score (nSPS) is 16.4. The molecule has 9 nitrogen and oxygen atoms in total. The number of carbonyl (C=O) groups excluding carboxylic acids is 2. The molecule has 2 aromatic carbocycles. The molecule has 0 bridgehead atoms. The molecule has 1 fully saturated rings. The molecular formula is C32H48N4O5S. The third-order valence-electron chi connectivity index (χ3n) is 7.70. The van der Waals surface area contributed by atoms with Crippen LogP contribution >= 0.6 is 0 Å². The first kappa shape index (κ1) is 33.7. The van der Waals surface area contributed by atoms with E-state index in [4.69, 9.17) is 0 Å². The Morgan fingerprint density at radius 2 is 1.55 bits per heavy atom. The molecule has 1 aliphatic heterocycles. The molecule has 0 spiro atoms. The van der Waals surface area contributed by atoms with Crippen molar-refractivity contribution in [1.82, 2.24) is 19.6 Å². The molecule has 0 aromatic heterocycles. The minimum Gasteiger partial charge on any atom is -0.390 e. The Hall–Kier alpha value is -2.79. The summed E-state index contributed by atoms with van der Waals surface area (Å²) in [6.07, 6.45) is 1.98. The average molecular weight is 601 g/mol. The molecule has 10 heteroatoms. The molecule has 2 aromatic rings. The summed E-state index contributed by atoms with van der Waals surface area (Å²) in [5.41, 5.74) is 3.69. The summed E-state index contributed by atoms with van der Waals surface area (Å²) in [7, 11) is -3.93. The van der Waals surface area contributed by atoms with Crippen molar-refractivity contribution in [3.05, 3.63) is 66.2 Å². The fraction of sp³-hybridized carbons (Fsp3) is 0.562. The van der Waals surface area contributed by atoms with Gasteiger partial charge in [0.2, 0.25) is 15.9 Å². The second-order valence-corrected chi connectivity index (χ2v) is 13.8. The van der Waals surface area contributed by atoms with E-state index in [0.717, 1.165) is 37.9 Å². The maximum atomic E-state index is 13.8. The number of carbonyl (C=O) groups is 2. The number of hydrogen-bond acceptors (Lipinski definition) is 6. The molecule has 1 saturated heterocycles. The topological polar surface area (TPSA) is 110 Å². The smallest absolute Gasteiger partial charge is 0.252 e. The highest BCUT2D eigenvalue weighted by molar-refractivity contribution is 7.89. The van der Waals surface area contributed by atoms with Gasteiger partial charge in [-0.15, -0.1) is 0 Å². The highest BCUT2D eigenvalue weighted by Gasteiger charge is 2.36. The largest absolute Gasteiger partial charge is 0.390 e. The third-order valence-corrected chi connectivity index (χ3v) is 9.55. The lowest BCUT2D eigenvalue weighted by molar-refractivity contribution is -0.149. The zero-order chi connectivity index (χ0) is 30.7. The number of benzene rings is 2. The van der Waals surface area contributed by atoms with Crippen LogP contribution in [0.1, 0.15) is 58.9 Å². The van der Waals surface area contributed by atoms with Crippen molar-refractivity contribution in [3.63, 3.8) is 0 Å². The number of likely N-dealkylation sites (tertiary alicyclic amines) is 1. The Morgan fingerprint density at radius 3 is 2.12 bits per heavy atom. The molecule has 0 radical (unpaired) electrons. The molecule has 0 saturated carbocycles. The van der Waals surface area contributed by atoms with E-state index >= 15 is 0 Å². The van der Waals surface area contributed by atoms with E-state index in [1.807, 2.05) is 62.9 Å². The van der Waals surface area contributed by atoms with Crippen LogP contribution in [0.25, 0.3) is 0 Å². The van der Waals surface area contributed by atoms with Gasteiger partial charge in [0.15, 0.2) is 0 Å². The summed E-state index contributed by atoms with van der Waals surface area (Å²) in [4.78, 5) is 29.2. The molecule has 3 atom stereocenters. The van der Waals surface area contributed by atoms with Crippen molar-refractivity contribution in [1.29, 1.82) is 0 Å².